The van der Waals surface area contributed by atoms with Gasteiger partial charge in [-0.1, -0.05) is 11.6 Å². The largest absolute Gasteiger partial charge is 0.477 e. The van der Waals surface area contributed by atoms with Gasteiger partial charge in [-0.25, -0.2) is 4.79 Å². The summed E-state index contributed by atoms with van der Waals surface area (Å²) in [6, 6.07) is 9.14. The monoisotopic (exact) mass is 288 g/mol. The van der Waals surface area contributed by atoms with Gasteiger partial charge in [-0.05, 0) is 30.3 Å². The van der Waals surface area contributed by atoms with E-state index in [1.807, 2.05) is 42.1 Å². The average Bonchev–Trinajstić information content (AvgIpc) is 2.90. The molecule has 1 aromatic carbocycles. The lowest BCUT2D eigenvalue weighted by molar-refractivity contribution is 0.0687. The molecule has 4 nitrogen and oxygen atoms in total. The Hall–Kier alpha value is -2.20. The Morgan fingerprint density at radius 3 is 2.60 bits per heavy atom. The van der Waals surface area contributed by atoms with E-state index in [2.05, 4.69) is 0 Å². The third kappa shape index (κ3) is 1.80. The van der Waals surface area contributed by atoms with Gasteiger partial charge in [0.15, 0.2) is 0 Å². The van der Waals surface area contributed by atoms with E-state index in [4.69, 9.17) is 16.7 Å². The van der Waals surface area contributed by atoms with Crippen molar-refractivity contribution in [3.05, 3.63) is 47.2 Å². The van der Waals surface area contributed by atoms with Crippen LogP contribution in [0.15, 0.2) is 36.5 Å². The molecule has 0 aliphatic heterocycles. The van der Waals surface area contributed by atoms with E-state index in [1.54, 1.807) is 17.7 Å². The van der Waals surface area contributed by atoms with Crippen LogP contribution in [0.3, 0.4) is 0 Å². The Kier molecular flexibility index (Phi) is 2.83. The fourth-order valence-corrected chi connectivity index (χ4v) is 2.74. The van der Waals surface area contributed by atoms with Crippen molar-refractivity contribution in [1.82, 2.24) is 9.13 Å². The minimum Gasteiger partial charge on any atom is -0.477 e. The van der Waals surface area contributed by atoms with Crippen LogP contribution in [0, 0.1) is 0 Å². The zero-order valence-electron chi connectivity index (χ0n) is 11.1. The van der Waals surface area contributed by atoms with Crippen LogP contribution in [0.5, 0.6) is 0 Å². The van der Waals surface area contributed by atoms with Gasteiger partial charge in [0.05, 0.1) is 5.69 Å². The van der Waals surface area contributed by atoms with Crippen LogP contribution in [-0.2, 0) is 14.1 Å². The Balaban J connectivity index is 2.30. The number of nitrogens with zero attached hydrogens (tertiary/aromatic N) is 2. The van der Waals surface area contributed by atoms with Crippen LogP contribution < -0.4 is 0 Å². The van der Waals surface area contributed by atoms with E-state index in [0.717, 1.165) is 22.2 Å². The SMILES string of the molecule is Cn1c(C(=O)O)ccc1-c1cn(C)c2ccc(Cl)cc12. The Morgan fingerprint density at radius 1 is 1.20 bits per heavy atom. The van der Waals surface area contributed by atoms with Crippen molar-refractivity contribution in [2.24, 2.45) is 14.1 Å². The molecule has 0 saturated heterocycles. The number of fused-ring (bicyclic) bond motifs is 1. The molecule has 0 unspecified atom stereocenters. The first kappa shape index (κ1) is 12.8. The van der Waals surface area contributed by atoms with Gasteiger partial charge in [0.2, 0.25) is 0 Å². The summed E-state index contributed by atoms with van der Waals surface area (Å²) in [5, 5.41) is 10.8. The number of carbonyl (C=O) groups is 1. The Bertz CT molecular complexity index is 830. The van der Waals surface area contributed by atoms with Crippen LogP contribution in [0.25, 0.3) is 22.2 Å². The predicted molar refractivity (Wildman–Crippen MR) is 79.3 cm³/mol. The van der Waals surface area contributed by atoms with Gasteiger partial charge in [-0.3, -0.25) is 0 Å². The molecule has 20 heavy (non-hydrogen) atoms. The number of aromatic carboxylic acids is 1. The number of rotatable bonds is 2. The van der Waals surface area contributed by atoms with E-state index < -0.39 is 5.97 Å². The maximum atomic E-state index is 11.1. The predicted octanol–water partition coefficient (Wildman–Crippen LogP) is 3.54. The lowest BCUT2D eigenvalue weighted by atomic mass is 10.1. The third-order valence-electron chi connectivity index (χ3n) is 3.57. The summed E-state index contributed by atoms with van der Waals surface area (Å²) < 4.78 is 3.69. The van der Waals surface area contributed by atoms with Crippen molar-refractivity contribution in [2.75, 3.05) is 0 Å². The molecule has 1 N–H and O–H groups in total. The highest BCUT2D eigenvalue weighted by Crippen LogP contribution is 2.32. The highest BCUT2D eigenvalue weighted by Gasteiger charge is 2.16. The number of halogens is 1. The van der Waals surface area contributed by atoms with Crippen LogP contribution in [0.4, 0.5) is 0 Å². The number of carboxylic acids is 1. The standard InChI is InChI=1S/C15H13ClN2O2/c1-17-8-11(10-7-9(16)3-4-12(10)17)13-5-6-14(15(19)20)18(13)2/h3-8H,1-2H3,(H,19,20). The maximum absolute atomic E-state index is 11.1. The van der Waals surface area contributed by atoms with Crippen molar-refractivity contribution >= 4 is 28.5 Å². The zero-order valence-corrected chi connectivity index (χ0v) is 11.8. The second-order valence-electron chi connectivity index (χ2n) is 4.78. The molecular formula is C15H13ClN2O2. The van der Waals surface area contributed by atoms with Gasteiger partial charge in [0.25, 0.3) is 0 Å². The van der Waals surface area contributed by atoms with Crippen LogP contribution in [0.2, 0.25) is 5.02 Å². The lowest BCUT2D eigenvalue weighted by Gasteiger charge is -2.04. The van der Waals surface area contributed by atoms with Gasteiger partial charge in [0, 0.05) is 41.8 Å². The summed E-state index contributed by atoms with van der Waals surface area (Å²) in [6.45, 7) is 0. The second kappa shape index (κ2) is 4.42. The maximum Gasteiger partial charge on any atom is 0.352 e. The fraction of sp³-hybridized carbons (Fsp3) is 0.133. The number of aromatic nitrogens is 2. The molecule has 0 aliphatic carbocycles. The number of benzene rings is 1. The van der Waals surface area contributed by atoms with Crippen molar-refractivity contribution < 1.29 is 9.90 Å². The zero-order chi connectivity index (χ0) is 14.4. The van der Waals surface area contributed by atoms with Crippen LogP contribution in [0.1, 0.15) is 10.5 Å². The van der Waals surface area contributed by atoms with Crippen molar-refractivity contribution in [3.8, 4) is 11.3 Å². The molecule has 2 aromatic heterocycles. The molecule has 0 bridgehead atoms. The normalized spacial score (nSPS) is 11.2. The average molecular weight is 289 g/mol. The van der Waals surface area contributed by atoms with E-state index in [-0.39, 0.29) is 5.69 Å². The van der Waals surface area contributed by atoms with E-state index in [9.17, 15) is 4.79 Å². The number of hydrogen-bond donors (Lipinski definition) is 1. The molecule has 5 heteroatoms. The molecule has 0 fully saturated rings. The first-order valence-electron chi connectivity index (χ1n) is 6.13. The van der Waals surface area contributed by atoms with Gasteiger partial charge >= 0.3 is 5.97 Å². The number of carboxylic acid groups (broad SMARTS) is 1. The number of hydrogen-bond acceptors (Lipinski definition) is 1. The van der Waals surface area contributed by atoms with Crippen molar-refractivity contribution in [2.45, 2.75) is 0 Å². The van der Waals surface area contributed by atoms with Gasteiger partial charge in [-0.15, -0.1) is 0 Å². The summed E-state index contributed by atoms with van der Waals surface area (Å²) in [4.78, 5) is 11.1. The fourth-order valence-electron chi connectivity index (χ4n) is 2.56. The lowest BCUT2D eigenvalue weighted by Crippen LogP contribution is -2.04. The first-order chi connectivity index (χ1) is 9.49. The Labute approximate surface area is 120 Å². The highest BCUT2D eigenvalue weighted by atomic mass is 35.5. The number of aryl methyl sites for hydroxylation is 1. The van der Waals surface area contributed by atoms with Crippen LogP contribution >= 0.6 is 11.6 Å². The molecule has 102 valence electrons. The minimum absolute atomic E-state index is 0.263. The van der Waals surface area contributed by atoms with Gasteiger partial charge < -0.3 is 14.2 Å². The second-order valence-corrected chi connectivity index (χ2v) is 5.22. The molecule has 3 rings (SSSR count). The molecule has 3 aromatic rings. The summed E-state index contributed by atoms with van der Waals surface area (Å²) in [7, 11) is 3.71. The minimum atomic E-state index is -0.933. The van der Waals surface area contributed by atoms with Gasteiger partial charge in [-0.2, -0.15) is 0 Å². The molecule has 2 heterocycles. The van der Waals surface area contributed by atoms with Crippen molar-refractivity contribution in [3.63, 3.8) is 0 Å². The van der Waals surface area contributed by atoms with E-state index >= 15 is 0 Å². The molecule has 0 amide bonds. The molecule has 0 aliphatic rings. The first-order valence-corrected chi connectivity index (χ1v) is 6.51. The molecule has 0 radical (unpaired) electrons. The van der Waals surface area contributed by atoms with Gasteiger partial charge in [0.1, 0.15) is 5.69 Å². The summed E-state index contributed by atoms with van der Waals surface area (Å²) >= 11 is 6.07. The molecule has 0 saturated carbocycles. The third-order valence-corrected chi connectivity index (χ3v) is 3.80. The summed E-state index contributed by atoms with van der Waals surface area (Å²) in [5.74, 6) is -0.933. The highest BCUT2D eigenvalue weighted by molar-refractivity contribution is 6.31. The molecule has 0 spiro atoms. The van der Waals surface area contributed by atoms with E-state index in [1.165, 1.54) is 0 Å². The molecule has 0 atom stereocenters. The summed E-state index contributed by atoms with van der Waals surface area (Å²) in [6.07, 6.45) is 1.99. The molecular weight excluding hydrogens is 276 g/mol. The summed E-state index contributed by atoms with van der Waals surface area (Å²) in [5.41, 5.74) is 3.15. The van der Waals surface area contributed by atoms with Crippen LogP contribution in [-0.4, -0.2) is 20.2 Å². The van der Waals surface area contributed by atoms with E-state index in [0.29, 0.717) is 5.02 Å². The topological polar surface area (TPSA) is 47.2 Å². The van der Waals surface area contributed by atoms with Crippen molar-refractivity contribution in [1.29, 1.82) is 0 Å². The smallest absolute Gasteiger partial charge is 0.352 e. The Morgan fingerprint density at radius 2 is 1.95 bits per heavy atom. The quantitative estimate of drug-likeness (QED) is 0.784.